The van der Waals surface area contributed by atoms with Gasteiger partial charge in [-0.3, -0.25) is 9.10 Å². The van der Waals surface area contributed by atoms with Gasteiger partial charge in [-0.1, -0.05) is 54.1 Å². The summed E-state index contributed by atoms with van der Waals surface area (Å²) in [5.41, 5.74) is 3.10. The minimum atomic E-state index is -4.06. The maximum atomic E-state index is 13.6. The second-order valence-corrected chi connectivity index (χ2v) is 9.09. The molecule has 0 saturated carbocycles. The lowest BCUT2D eigenvalue weighted by Crippen LogP contribution is -2.40. The first-order valence-electron chi connectivity index (χ1n) is 9.86. The standard InChI is InChI=1S/C24H26N2O4S/c1-18-9-12-21(13-10-18)26(17-24(27)25-16-20-7-5-4-6-8-20)31(28,29)23-15-19(2)11-14-22(23)30-3/h4-15H,16-17H2,1-3H3,(H,25,27). The first kappa shape index (κ1) is 22.4. The first-order chi connectivity index (χ1) is 14.8. The Kier molecular flexibility index (Phi) is 6.97. The molecule has 1 N–H and O–H groups in total. The Bertz CT molecular complexity index is 1140. The SMILES string of the molecule is COc1ccc(C)cc1S(=O)(=O)N(CC(=O)NCc1ccccc1)c1ccc(C)cc1. The number of amides is 1. The molecule has 0 atom stereocenters. The topological polar surface area (TPSA) is 75.7 Å². The molecule has 0 heterocycles. The highest BCUT2D eigenvalue weighted by Gasteiger charge is 2.30. The van der Waals surface area contributed by atoms with Gasteiger partial charge in [-0.25, -0.2) is 8.42 Å². The number of nitrogens with one attached hydrogen (secondary N) is 1. The lowest BCUT2D eigenvalue weighted by Gasteiger charge is -2.25. The van der Waals surface area contributed by atoms with Crippen molar-refractivity contribution < 1.29 is 17.9 Å². The van der Waals surface area contributed by atoms with Crippen molar-refractivity contribution in [3.63, 3.8) is 0 Å². The van der Waals surface area contributed by atoms with E-state index in [1.807, 2.05) is 49.4 Å². The van der Waals surface area contributed by atoms with Gasteiger partial charge < -0.3 is 10.1 Å². The van der Waals surface area contributed by atoms with Crippen LogP contribution in [0.2, 0.25) is 0 Å². The molecule has 0 aliphatic rings. The van der Waals surface area contributed by atoms with Gasteiger partial charge in [0, 0.05) is 6.54 Å². The molecule has 31 heavy (non-hydrogen) atoms. The second kappa shape index (κ2) is 9.66. The molecular weight excluding hydrogens is 412 g/mol. The van der Waals surface area contributed by atoms with E-state index in [1.54, 1.807) is 37.3 Å². The Morgan fingerprint density at radius 2 is 1.58 bits per heavy atom. The molecule has 0 unspecified atom stereocenters. The van der Waals surface area contributed by atoms with Gasteiger partial charge in [-0.2, -0.15) is 0 Å². The highest BCUT2D eigenvalue weighted by Crippen LogP contribution is 2.31. The number of rotatable bonds is 8. The van der Waals surface area contributed by atoms with Crippen LogP contribution in [-0.4, -0.2) is 28.0 Å². The van der Waals surface area contributed by atoms with E-state index in [0.717, 1.165) is 21.0 Å². The third kappa shape index (κ3) is 5.44. The van der Waals surface area contributed by atoms with E-state index >= 15 is 0 Å². The fraction of sp³-hybridized carbons (Fsp3) is 0.208. The molecule has 0 aliphatic carbocycles. The summed E-state index contributed by atoms with van der Waals surface area (Å²) >= 11 is 0. The smallest absolute Gasteiger partial charge is 0.268 e. The monoisotopic (exact) mass is 438 g/mol. The maximum Gasteiger partial charge on any atom is 0.268 e. The molecule has 0 aliphatic heterocycles. The lowest BCUT2D eigenvalue weighted by atomic mass is 10.2. The third-order valence-corrected chi connectivity index (χ3v) is 6.62. The van der Waals surface area contributed by atoms with Crippen LogP contribution in [0.15, 0.2) is 77.7 Å². The van der Waals surface area contributed by atoms with E-state index in [-0.39, 0.29) is 17.2 Å². The van der Waals surface area contributed by atoms with Crippen LogP contribution in [0.3, 0.4) is 0 Å². The van der Waals surface area contributed by atoms with Crippen LogP contribution in [0.5, 0.6) is 5.75 Å². The Balaban J connectivity index is 1.94. The molecule has 7 heteroatoms. The van der Waals surface area contributed by atoms with Gasteiger partial charge in [0.15, 0.2) is 0 Å². The molecular formula is C24H26N2O4S. The predicted octanol–water partition coefficient (Wildman–Crippen LogP) is 3.82. The summed E-state index contributed by atoms with van der Waals surface area (Å²) in [5.74, 6) is -0.174. The zero-order chi connectivity index (χ0) is 22.4. The first-order valence-corrected chi connectivity index (χ1v) is 11.3. The highest BCUT2D eigenvalue weighted by atomic mass is 32.2. The van der Waals surface area contributed by atoms with Gasteiger partial charge in [-0.15, -0.1) is 0 Å². The number of benzene rings is 3. The molecule has 0 fully saturated rings. The minimum Gasteiger partial charge on any atom is -0.495 e. The highest BCUT2D eigenvalue weighted by molar-refractivity contribution is 7.93. The van der Waals surface area contributed by atoms with Crippen LogP contribution < -0.4 is 14.4 Å². The number of carbonyl (C=O) groups is 1. The molecule has 0 bridgehead atoms. The van der Waals surface area contributed by atoms with Crippen LogP contribution in [-0.2, 0) is 21.4 Å². The van der Waals surface area contributed by atoms with Gasteiger partial charge in [0.2, 0.25) is 5.91 Å². The number of ether oxygens (including phenoxy) is 1. The van der Waals surface area contributed by atoms with Crippen molar-refractivity contribution in [1.29, 1.82) is 0 Å². The molecule has 6 nitrogen and oxygen atoms in total. The molecule has 1 amide bonds. The van der Waals surface area contributed by atoms with E-state index in [9.17, 15) is 13.2 Å². The van der Waals surface area contributed by atoms with E-state index in [4.69, 9.17) is 4.74 Å². The van der Waals surface area contributed by atoms with Crippen LogP contribution in [0.25, 0.3) is 0 Å². The normalized spacial score (nSPS) is 11.1. The zero-order valence-corrected chi connectivity index (χ0v) is 18.6. The van der Waals surface area contributed by atoms with Crippen molar-refractivity contribution in [3.05, 3.63) is 89.5 Å². The van der Waals surface area contributed by atoms with Crippen molar-refractivity contribution >= 4 is 21.6 Å². The molecule has 162 valence electrons. The van der Waals surface area contributed by atoms with Crippen molar-refractivity contribution in [1.82, 2.24) is 5.32 Å². The van der Waals surface area contributed by atoms with Crippen molar-refractivity contribution in [2.24, 2.45) is 0 Å². The van der Waals surface area contributed by atoms with E-state index < -0.39 is 15.9 Å². The molecule has 3 rings (SSSR count). The molecule has 3 aromatic carbocycles. The van der Waals surface area contributed by atoms with Crippen molar-refractivity contribution in [2.75, 3.05) is 18.0 Å². The summed E-state index contributed by atoms with van der Waals surface area (Å²) in [6, 6.07) is 21.4. The van der Waals surface area contributed by atoms with Crippen LogP contribution in [0.1, 0.15) is 16.7 Å². The van der Waals surface area contributed by atoms with E-state index in [0.29, 0.717) is 12.2 Å². The summed E-state index contributed by atoms with van der Waals surface area (Å²) < 4.78 is 33.7. The third-order valence-electron chi connectivity index (χ3n) is 4.83. The van der Waals surface area contributed by atoms with Gasteiger partial charge in [-0.05, 0) is 49.2 Å². The number of carbonyl (C=O) groups excluding carboxylic acids is 1. The zero-order valence-electron chi connectivity index (χ0n) is 17.8. The fourth-order valence-corrected chi connectivity index (χ4v) is 4.78. The number of hydrogen-bond acceptors (Lipinski definition) is 4. The molecule has 0 radical (unpaired) electrons. The molecule has 0 spiro atoms. The summed E-state index contributed by atoms with van der Waals surface area (Å²) in [4.78, 5) is 12.7. The van der Waals surface area contributed by atoms with Crippen molar-refractivity contribution in [2.45, 2.75) is 25.3 Å². The number of aryl methyl sites for hydroxylation is 2. The largest absolute Gasteiger partial charge is 0.495 e. The molecule has 0 saturated heterocycles. The van der Waals surface area contributed by atoms with Crippen LogP contribution in [0.4, 0.5) is 5.69 Å². The quantitative estimate of drug-likeness (QED) is 0.580. The second-order valence-electron chi connectivity index (χ2n) is 7.26. The number of sulfonamides is 1. The number of nitrogens with zero attached hydrogens (tertiary/aromatic N) is 1. The van der Waals surface area contributed by atoms with Gasteiger partial charge in [0.05, 0.1) is 12.8 Å². The fourth-order valence-electron chi connectivity index (χ4n) is 3.11. The van der Waals surface area contributed by atoms with E-state index in [2.05, 4.69) is 5.32 Å². The number of methoxy groups -OCH3 is 1. The Labute approximate surface area is 183 Å². The maximum absolute atomic E-state index is 13.6. The average Bonchev–Trinajstić information content (AvgIpc) is 2.77. The minimum absolute atomic E-state index is 0.0198. The van der Waals surface area contributed by atoms with Crippen molar-refractivity contribution in [3.8, 4) is 5.75 Å². The summed E-state index contributed by atoms with van der Waals surface area (Å²) in [6.45, 7) is 3.69. The predicted molar refractivity (Wildman–Crippen MR) is 122 cm³/mol. The number of anilines is 1. The summed E-state index contributed by atoms with van der Waals surface area (Å²) in [6.07, 6.45) is 0. The Morgan fingerprint density at radius 3 is 2.23 bits per heavy atom. The summed E-state index contributed by atoms with van der Waals surface area (Å²) in [5, 5.41) is 2.80. The lowest BCUT2D eigenvalue weighted by molar-refractivity contribution is -0.119. The van der Waals surface area contributed by atoms with Crippen LogP contribution in [0, 0.1) is 13.8 Å². The Hall–Kier alpha value is -3.32. The average molecular weight is 439 g/mol. The van der Waals surface area contributed by atoms with Crippen LogP contribution >= 0.6 is 0 Å². The van der Waals surface area contributed by atoms with Gasteiger partial charge in [0.1, 0.15) is 17.2 Å². The molecule has 0 aromatic heterocycles. The number of hydrogen-bond donors (Lipinski definition) is 1. The van der Waals surface area contributed by atoms with Gasteiger partial charge >= 0.3 is 0 Å². The Morgan fingerprint density at radius 1 is 0.935 bits per heavy atom. The van der Waals surface area contributed by atoms with E-state index in [1.165, 1.54) is 7.11 Å². The van der Waals surface area contributed by atoms with Gasteiger partial charge in [0.25, 0.3) is 10.0 Å². The summed E-state index contributed by atoms with van der Waals surface area (Å²) in [7, 11) is -2.64. The molecule has 3 aromatic rings.